The van der Waals surface area contributed by atoms with Gasteiger partial charge in [0.2, 0.25) is 5.91 Å². The van der Waals surface area contributed by atoms with Crippen molar-refractivity contribution in [1.29, 1.82) is 0 Å². The number of piperidine rings is 1. The maximum absolute atomic E-state index is 13.2. The van der Waals surface area contributed by atoms with Crippen LogP contribution < -0.4 is 0 Å². The molecule has 1 saturated heterocycles. The van der Waals surface area contributed by atoms with Crippen LogP contribution in [0.4, 0.5) is 13.2 Å². The lowest BCUT2D eigenvalue weighted by molar-refractivity contribution is -0.142. The summed E-state index contributed by atoms with van der Waals surface area (Å²) in [7, 11) is 3.65. The first-order valence-corrected chi connectivity index (χ1v) is 9.50. The summed E-state index contributed by atoms with van der Waals surface area (Å²) in [4.78, 5) is 16.2. The number of alkyl halides is 3. The highest BCUT2D eigenvalue weighted by Crippen LogP contribution is 2.36. The topological polar surface area (TPSA) is 43.8 Å². The Hall–Kier alpha value is -2.38. The van der Waals surface area contributed by atoms with Crippen LogP contribution in [-0.4, -0.2) is 54.0 Å². The van der Waals surface area contributed by atoms with Gasteiger partial charge in [-0.1, -0.05) is 48.5 Å². The Morgan fingerprint density at radius 1 is 1.14 bits per heavy atom. The Morgan fingerprint density at radius 2 is 1.76 bits per heavy atom. The number of carbonyl (C=O) groups is 1. The van der Waals surface area contributed by atoms with Gasteiger partial charge in [-0.3, -0.25) is 4.79 Å². The van der Waals surface area contributed by atoms with Crippen LogP contribution in [0.2, 0.25) is 0 Å². The molecule has 0 saturated carbocycles. The number of rotatable bonds is 4. The molecule has 2 atom stereocenters. The van der Waals surface area contributed by atoms with Gasteiger partial charge in [0.05, 0.1) is 18.0 Å². The second kappa shape index (κ2) is 8.16. The number of hydrogen-bond donors (Lipinski definition) is 1. The number of nitrogens with zero attached hydrogens (tertiary/aromatic N) is 2. The summed E-state index contributed by atoms with van der Waals surface area (Å²) in [5.41, 5.74) is -1.18. The average molecular weight is 406 g/mol. The lowest BCUT2D eigenvalue weighted by atomic mass is 9.79. The van der Waals surface area contributed by atoms with Gasteiger partial charge in [-0.05, 0) is 37.7 Å². The molecule has 2 aromatic rings. The van der Waals surface area contributed by atoms with Crippen LogP contribution in [0.1, 0.15) is 23.1 Å². The first-order valence-electron chi connectivity index (χ1n) is 9.50. The minimum absolute atomic E-state index is 0.0321. The molecule has 4 nitrogen and oxygen atoms in total. The number of carbonyl (C=O) groups excluding carboxylic acids is 1. The van der Waals surface area contributed by atoms with Crippen molar-refractivity contribution in [2.24, 2.45) is 0 Å². The zero-order chi connectivity index (χ0) is 21.2. The first-order chi connectivity index (χ1) is 13.6. The van der Waals surface area contributed by atoms with Crippen molar-refractivity contribution < 1.29 is 23.1 Å². The lowest BCUT2D eigenvalue weighted by Crippen LogP contribution is -2.60. The third-order valence-corrected chi connectivity index (χ3v) is 5.62. The Balaban J connectivity index is 1.80. The SMILES string of the molecule is CN(C)[C@@H]1CN(C(=O)Cc2ccccc2C(F)(F)F)CC[C@]1(O)c1ccccc1. The fourth-order valence-electron chi connectivity index (χ4n) is 4.03. The van der Waals surface area contributed by atoms with E-state index in [1.54, 1.807) is 4.90 Å². The number of aliphatic hydroxyl groups is 1. The van der Waals surface area contributed by atoms with Gasteiger partial charge < -0.3 is 14.9 Å². The van der Waals surface area contributed by atoms with Crippen molar-refractivity contribution in [2.75, 3.05) is 27.2 Å². The van der Waals surface area contributed by atoms with Crippen LogP contribution in [0.5, 0.6) is 0 Å². The zero-order valence-corrected chi connectivity index (χ0v) is 16.5. The van der Waals surface area contributed by atoms with Crippen molar-refractivity contribution in [1.82, 2.24) is 9.80 Å². The smallest absolute Gasteiger partial charge is 0.383 e. The number of benzene rings is 2. The summed E-state index contributed by atoms with van der Waals surface area (Å²) in [5.74, 6) is -0.372. The number of hydrogen-bond acceptors (Lipinski definition) is 3. The van der Waals surface area contributed by atoms with E-state index in [9.17, 15) is 23.1 Å². The van der Waals surface area contributed by atoms with Crippen LogP contribution in [0, 0.1) is 0 Å². The Labute approximate surface area is 168 Å². The van der Waals surface area contributed by atoms with Crippen LogP contribution in [0.15, 0.2) is 54.6 Å². The van der Waals surface area contributed by atoms with E-state index in [4.69, 9.17) is 0 Å². The quantitative estimate of drug-likeness (QED) is 0.848. The molecule has 0 radical (unpaired) electrons. The first kappa shape index (κ1) is 21.3. The van der Waals surface area contributed by atoms with E-state index in [0.29, 0.717) is 6.42 Å². The third kappa shape index (κ3) is 4.46. The van der Waals surface area contributed by atoms with Crippen LogP contribution in [-0.2, 0) is 23.0 Å². The van der Waals surface area contributed by atoms with Crippen molar-refractivity contribution in [3.05, 3.63) is 71.3 Å². The normalized spacial score (nSPS) is 22.7. The Morgan fingerprint density at radius 3 is 2.38 bits per heavy atom. The summed E-state index contributed by atoms with van der Waals surface area (Å²) < 4.78 is 39.7. The summed E-state index contributed by atoms with van der Waals surface area (Å²) in [5, 5.41) is 11.4. The molecular weight excluding hydrogens is 381 g/mol. The number of likely N-dealkylation sites (tertiary alicyclic amines) is 1. The lowest BCUT2D eigenvalue weighted by Gasteiger charge is -2.47. The predicted octanol–water partition coefficient (Wildman–Crippen LogP) is 3.30. The van der Waals surface area contributed by atoms with Gasteiger partial charge >= 0.3 is 6.18 Å². The molecule has 1 heterocycles. The van der Waals surface area contributed by atoms with Crippen LogP contribution in [0.3, 0.4) is 0 Å². The van der Waals surface area contributed by atoms with Crippen molar-refractivity contribution in [2.45, 2.75) is 30.7 Å². The highest BCUT2D eigenvalue weighted by molar-refractivity contribution is 5.79. The van der Waals surface area contributed by atoms with Crippen LogP contribution in [0.25, 0.3) is 0 Å². The molecule has 0 spiro atoms. The third-order valence-electron chi connectivity index (χ3n) is 5.62. The molecule has 1 amide bonds. The maximum Gasteiger partial charge on any atom is 0.416 e. The largest absolute Gasteiger partial charge is 0.416 e. The standard InChI is InChI=1S/C22H25F3N2O2/c1-26(2)19-15-27(13-12-21(19,29)17-9-4-3-5-10-17)20(28)14-16-8-6-7-11-18(16)22(23,24)25/h3-11,19,29H,12-15H2,1-2H3/t19-,21+/m1/s1. The molecule has 1 aliphatic rings. The van der Waals surface area contributed by atoms with Gasteiger partial charge in [0.15, 0.2) is 0 Å². The summed E-state index contributed by atoms with van der Waals surface area (Å²) >= 11 is 0. The molecule has 3 rings (SSSR count). The maximum atomic E-state index is 13.2. The molecule has 1 N–H and O–H groups in total. The van der Waals surface area contributed by atoms with E-state index in [1.165, 1.54) is 18.2 Å². The van der Waals surface area contributed by atoms with Gasteiger partial charge in [-0.25, -0.2) is 0 Å². The second-order valence-corrected chi connectivity index (χ2v) is 7.69. The summed E-state index contributed by atoms with van der Waals surface area (Å²) in [6.45, 7) is 0.522. The molecule has 156 valence electrons. The monoisotopic (exact) mass is 406 g/mol. The zero-order valence-electron chi connectivity index (χ0n) is 16.5. The van der Waals surface area contributed by atoms with Crippen molar-refractivity contribution >= 4 is 5.91 Å². The molecular formula is C22H25F3N2O2. The highest BCUT2D eigenvalue weighted by atomic mass is 19.4. The molecule has 0 aliphatic carbocycles. The fraction of sp³-hybridized carbons (Fsp3) is 0.409. The highest BCUT2D eigenvalue weighted by Gasteiger charge is 2.45. The molecule has 1 aliphatic heterocycles. The van der Waals surface area contributed by atoms with Crippen molar-refractivity contribution in [3.8, 4) is 0 Å². The van der Waals surface area contributed by atoms with Gasteiger partial charge in [0, 0.05) is 13.1 Å². The van der Waals surface area contributed by atoms with E-state index >= 15 is 0 Å². The van der Waals surface area contributed by atoms with E-state index in [2.05, 4.69) is 0 Å². The summed E-state index contributed by atoms with van der Waals surface area (Å²) in [6.07, 6.45) is -4.51. The van der Waals surface area contributed by atoms with E-state index in [1.807, 2.05) is 49.3 Å². The minimum Gasteiger partial charge on any atom is -0.383 e. The Kier molecular flexibility index (Phi) is 6.00. The second-order valence-electron chi connectivity index (χ2n) is 7.69. The molecule has 0 unspecified atom stereocenters. The molecule has 2 aromatic carbocycles. The summed E-state index contributed by atoms with van der Waals surface area (Å²) in [6, 6.07) is 14.1. The fourth-order valence-corrected chi connectivity index (χ4v) is 4.03. The number of halogens is 3. The minimum atomic E-state index is -4.50. The van der Waals surface area contributed by atoms with Gasteiger partial charge in [0.25, 0.3) is 0 Å². The van der Waals surface area contributed by atoms with E-state index in [0.717, 1.165) is 11.6 Å². The number of likely N-dealkylation sites (N-methyl/N-ethyl adjacent to an activating group) is 1. The molecule has 0 bridgehead atoms. The van der Waals surface area contributed by atoms with Gasteiger partial charge in [-0.2, -0.15) is 13.2 Å². The Bertz CT molecular complexity index is 855. The molecule has 0 aromatic heterocycles. The van der Waals surface area contributed by atoms with Crippen molar-refractivity contribution in [3.63, 3.8) is 0 Å². The van der Waals surface area contributed by atoms with Crippen LogP contribution >= 0.6 is 0 Å². The van der Waals surface area contributed by atoms with Gasteiger partial charge in [-0.15, -0.1) is 0 Å². The average Bonchev–Trinajstić information content (AvgIpc) is 2.68. The molecule has 7 heteroatoms. The molecule has 1 fully saturated rings. The van der Waals surface area contributed by atoms with E-state index in [-0.39, 0.29) is 37.0 Å². The van der Waals surface area contributed by atoms with E-state index < -0.39 is 17.3 Å². The number of amides is 1. The predicted molar refractivity (Wildman–Crippen MR) is 104 cm³/mol. The van der Waals surface area contributed by atoms with Gasteiger partial charge in [0.1, 0.15) is 5.60 Å². The molecule has 29 heavy (non-hydrogen) atoms.